The van der Waals surface area contributed by atoms with Crippen LogP contribution >= 0.6 is 0 Å². The van der Waals surface area contributed by atoms with Gasteiger partial charge in [-0.2, -0.15) is 0 Å². The van der Waals surface area contributed by atoms with Crippen molar-refractivity contribution < 1.29 is 21.6 Å². The standard InChI is InChI=1S/C18H29NO5S2/c1-2-25(20,21)15-14-24-17-10-12-18(13-11-17)26(22,23)19-16-8-6-4-3-5-7-9-16/h10-13,16,19H,2-9,14-15H2,1H3. The molecule has 0 saturated heterocycles. The van der Waals surface area contributed by atoms with Crippen molar-refractivity contribution in [1.82, 2.24) is 4.72 Å². The molecule has 0 amide bonds. The van der Waals surface area contributed by atoms with E-state index in [-0.39, 0.29) is 29.0 Å². The molecule has 0 spiro atoms. The summed E-state index contributed by atoms with van der Waals surface area (Å²) in [6.45, 7) is 1.65. The fraction of sp³-hybridized carbons (Fsp3) is 0.667. The Labute approximate surface area is 157 Å². The maximum atomic E-state index is 12.6. The molecule has 0 radical (unpaired) electrons. The van der Waals surface area contributed by atoms with Crippen LogP contribution in [-0.2, 0) is 19.9 Å². The molecule has 1 aromatic rings. The van der Waals surface area contributed by atoms with Crippen LogP contribution in [0, 0.1) is 0 Å². The third-order valence-corrected chi connectivity index (χ3v) is 7.87. The Balaban J connectivity index is 1.93. The first kappa shape index (κ1) is 21.2. The van der Waals surface area contributed by atoms with Crippen molar-refractivity contribution in [1.29, 1.82) is 0 Å². The topological polar surface area (TPSA) is 89.5 Å². The van der Waals surface area contributed by atoms with E-state index in [1.54, 1.807) is 19.1 Å². The van der Waals surface area contributed by atoms with E-state index >= 15 is 0 Å². The predicted molar refractivity (Wildman–Crippen MR) is 103 cm³/mol. The Morgan fingerprint density at radius 3 is 2.12 bits per heavy atom. The number of benzene rings is 1. The molecular formula is C18H29NO5S2. The van der Waals surface area contributed by atoms with Crippen LogP contribution in [0.1, 0.15) is 51.9 Å². The molecule has 0 unspecified atom stereocenters. The normalized spacial score (nSPS) is 17.4. The maximum absolute atomic E-state index is 12.6. The first-order chi connectivity index (χ1) is 12.3. The van der Waals surface area contributed by atoms with Crippen molar-refractivity contribution >= 4 is 19.9 Å². The molecule has 1 saturated carbocycles. The molecule has 0 aliphatic heterocycles. The number of nitrogens with one attached hydrogen (secondary N) is 1. The van der Waals surface area contributed by atoms with Gasteiger partial charge in [0.25, 0.3) is 0 Å². The predicted octanol–water partition coefficient (Wildman–Crippen LogP) is 2.89. The van der Waals surface area contributed by atoms with Crippen molar-refractivity contribution in [3.63, 3.8) is 0 Å². The fourth-order valence-corrected chi connectivity index (χ4v) is 4.94. The molecule has 1 fully saturated rings. The summed E-state index contributed by atoms with van der Waals surface area (Å²) in [4.78, 5) is 0.202. The highest BCUT2D eigenvalue weighted by molar-refractivity contribution is 7.91. The summed E-state index contributed by atoms with van der Waals surface area (Å²) in [5.74, 6) is 0.494. The van der Waals surface area contributed by atoms with E-state index in [0.29, 0.717) is 5.75 Å². The molecule has 2 rings (SSSR count). The largest absolute Gasteiger partial charge is 0.493 e. The van der Waals surface area contributed by atoms with Crippen molar-refractivity contribution in [2.75, 3.05) is 18.1 Å². The van der Waals surface area contributed by atoms with E-state index < -0.39 is 19.9 Å². The lowest BCUT2D eigenvalue weighted by atomic mass is 9.97. The Bertz CT molecular complexity index is 749. The van der Waals surface area contributed by atoms with Gasteiger partial charge in [-0.3, -0.25) is 0 Å². The van der Waals surface area contributed by atoms with Crippen LogP contribution in [0.3, 0.4) is 0 Å². The second-order valence-corrected chi connectivity index (χ2v) is 10.9. The van der Waals surface area contributed by atoms with Gasteiger partial charge in [0.05, 0.1) is 10.6 Å². The summed E-state index contributed by atoms with van der Waals surface area (Å²) < 4.78 is 56.2. The summed E-state index contributed by atoms with van der Waals surface area (Å²) in [6, 6.07) is 6.11. The van der Waals surface area contributed by atoms with E-state index in [2.05, 4.69) is 4.72 Å². The zero-order valence-electron chi connectivity index (χ0n) is 15.3. The van der Waals surface area contributed by atoms with E-state index in [4.69, 9.17) is 4.74 Å². The molecule has 26 heavy (non-hydrogen) atoms. The molecule has 1 aromatic carbocycles. The summed E-state index contributed by atoms with van der Waals surface area (Å²) >= 11 is 0. The second kappa shape index (κ2) is 9.71. The summed E-state index contributed by atoms with van der Waals surface area (Å²) in [6.07, 6.45) is 7.44. The lowest BCUT2D eigenvalue weighted by molar-refractivity contribution is 0.340. The molecule has 0 atom stereocenters. The van der Waals surface area contributed by atoms with Gasteiger partial charge in [-0.05, 0) is 37.1 Å². The molecule has 0 aromatic heterocycles. The fourth-order valence-electron chi connectivity index (χ4n) is 3.01. The van der Waals surface area contributed by atoms with Crippen molar-refractivity contribution in [2.24, 2.45) is 0 Å². The van der Waals surface area contributed by atoms with E-state index in [9.17, 15) is 16.8 Å². The summed E-state index contributed by atoms with van der Waals surface area (Å²) in [5, 5.41) is 0. The van der Waals surface area contributed by atoms with Gasteiger partial charge in [0.2, 0.25) is 10.0 Å². The van der Waals surface area contributed by atoms with E-state index in [0.717, 1.165) is 38.5 Å². The van der Waals surface area contributed by atoms with Crippen LogP contribution in [0.25, 0.3) is 0 Å². The van der Waals surface area contributed by atoms with E-state index in [1.165, 1.54) is 18.6 Å². The maximum Gasteiger partial charge on any atom is 0.240 e. The zero-order chi connectivity index (χ0) is 19.0. The zero-order valence-corrected chi connectivity index (χ0v) is 16.9. The molecule has 148 valence electrons. The van der Waals surface area contributed by atoms with Crippen molar-refractivity contribution in [3.8, 4) is 5.75 Å². The number of hydrogen-bond donors (Lipinski definition) is 1. The average Bonchev–Trinajstić information content (AvgIpc) is 2.57. The van der Waals surface area contributed by atoms with Crippen LogP contribution in [0.2, 0.25) is 0 Å². The number of rotatable bonds is 8. The van der Waals surface area contributed by atoms with Gasteiger partial charge in [0, 0.05) is 11.8 Å². The minimum absolute atomic E-state index is 0.00419. The molecule has 6 nitrogen and oxygen atoms in total. The average molecular weight is 404 g/mol. The Morgan fingerprint density at radius 1 is 0.962 bits per heavy atom. The van der Waals surface area contributed by atoms with Crippen LogP contribution in [0.15, 0.2) is 29.2 Å². The number of sulfonamides is 1. The Hall–Kier alpha value is -1.12. The van der Waals surface area contributed by atoms with Gasteiger partial charge in [0.1, 0.15) is 12.4 Å². The van der Waals surface area contributed by atoms with Gasteiger partial charge in [-0.1, -0.05) is 39.0 Å². The van der Waals surface area contributed by atoms with Crippen molar-refractivity contribution in [2.45, 2.75) is 62.8 Å². The minimum Gasteiger partial charge on any atom is -0.493 e. The molecule has 0 bridgehead atoms. The summed E-state index contributed by atoms with van der Waals surface area (Å²) in [5.41, 5.74) is 0. The smallest absolute Gasteiger partial charge is 0.240 e. The van der Waals surface area contributed by atoms with Crippen LogP contribution in [0.4, 0.5) is 0 Å². The quantitative estimate of drug-likeness (QED) is 0.721. The Kier molecular flexibility index (Phi) is 7.91. The lowest BCUT2D eigenvalue weighted by Crippen LogP contribution is -2.35. The lowest BCUT2D eigenvalue weighted by Gasteiger charge is -2.21. The van der Waals surface area contributed by atoms with Gasteiger partial charge >= 0.3 is 0 Å². The van der Waals surface area contributed by atoms with Crippen LogP contribution in [-0.4, -0.2) is 41.0 Å². The third kappa shape index (κ3) is 6.89. The van der Waals surface area contributed by atoms with Gasteiger partial charge in [-0.15, -0.1) is 0 Å². The van der Waals surface area contributed by atoms with Gasteiger partial charge in [0.15, 0.2) is 9.84 Å². The van der Waals surface area contributed by atoms with Crippen LogP contribution < -0.4 is 9.46 Å². The molecule has 1 N–H and O–H groups in total. The number of hydrogen-bond acceptors (Lipinski definition) is 5. The van der Waals surface area contributed by atoms with Gasteiger partial charge < -0.3 is 4.74 Å². The molecule has 8 heteroatoms. The molecule has 1 aliphatic rings. The highest BCUT2D eigenvalue weighted by Gasteiger charge is 2.20. The number of sulfone groups is 1. The van der Waals surface area contributed by atoms with Gasteiger partial charge in [-0.25, -0.2) is 21.6 Å². The van der Waals surface area contributed by atoms with Crippen molar-refractivity contribution in [3.05, 3.63) is 24.3 Å². The number of ether oxygens (including phenoxy) is 1. The highest BCUT2D eigenvalue weighted by atomic mass is 32.2. The monoisotopic (exact) mass is 403 g/mol. The first-order valence-corrected chi connectivity index (χ1v) is 12.6. The molecule has 0 heterocycles. The highest BCUT2D eigenvalue weighted by Crippen LogP contribution is 2.21. The third-order valence-electron chi connectivity index (χ3n) is 4.66. The molecular weight excluding hydrogens is 374 g/mol. The molecule has 1 aliphatic carbocycles. The van der Waals surface area contributed by atoms with E-state index in [1.807, 2.05) is 0 Å². The SMILES string of the molecule is CCS(=O)(=O)CCOc1ccc(S(=O)(=O)NC2CCCCCCC2)cc1. The second-order valence-electron chi connectivity index (χ2n) is 6.72. The minimum atomic E-state index is -3.55. The summed E-state index contributed by atoms with van der Waals surface area (Å²) in [7, 11) is -6.63. The first-order valence-electron chi connectivity index (χ1n) is 9.28. The van der Waals surface area contributed by atoms with Crippen LogP contribution in [0.5, 0.6) is 5.75 Å². The Morgan fingerprint density at radius 2 is 1.54 bits per heavy atom.